The quantitative estimate of drug-likeness (QED) is 0.899. The van der Waals surface area contributed by atoms with Crippen LogP contribution in [0, 0.1) is 5.82 Å². The first-order chi connectivity index (χ1) is 9.19. The van der Waals surface area contributed by atoms with Crippen LogP contribution < -0.4 is 5.32 Å². The van der Waals surface area contributed by atoms with Gasteiger partial charge in [-0.2, -0.15) is 0 Å². The van der Waals surface area contributed by atoms with Crippen molar-refractivity contribution in [3.63, 3.8) is 0 Å². The van der Waals surface area contributed by atoms with Crippen LogP contribution in [-0.2, 0) is 12.8 Å². The van der Waals surface area contributed by atoms with Crippen molar-refractivity contribution in [2.24, 2.45) is 0 Å². The standard InChI is InChI=1S/C15H16FNO2/c1-2-13-7-8-14(19-13)15(18)17-10-9-11-3-5-12(16)6-4-11/h3-8H,2,9-10H2,1H3,(H,17,18). The van der Waals surface area contributed by atoms with Gasteiger partial charge >= 0.3 is 0 Å². The number of furan rings is 1. The van der Waals surface area contributed by atoms with Crippen LogP contribution in [0.25, 0.3) is 0 Å². The van der Waals surface area contributed by atoms with E-state index in [1.165, 1.54) is 12.1 Å². The Morgan fingerprint density at radius 2 is 1.95 bits per heavy atom. The van der Waals surface area contributed by atoms with Gasteiger partial charge in [-0.15, -0.1) is 0 Å². The van der Waals surface area contributed by atoms with E-state index < -0.39 is 0 Å². The lowest BCUT2D eigenvalue weighted by Crippen LogP contribution is -2.25. The van der Waals surface area contributed by atoms with Crippen LogP contribution >= 0.6 is 0 Å². The number of hydrogen-bond donors (Lipinski definition) is 1. The van der Waals surface area contributed by atoms with Crippen molar-refractivity contribution in [1.29, 1.82) is 0 Å². The third kappa shape index (κ3) is 3.68. The summed E-state index contributed by atoms with van der Waals surface area (Å²) in [6.07, 6.45) is 1.43. The van der Waals surface area contributed by atoms with Crippen LogP contribution in [0.2, 0.25) is 0 Å². The van der Waals surface area contributed by atoms with Crippen LogP contribution in [0.15, 0.2) is 40.8 Å². The lowest BCUT2D eigenvalue weighted by atomic mass is 10.1. The zero-order valence-corrected chi connectivity index (χ0v) is 10.8. The van der Waals surface area contributed by atoms with Crippen LogP contribution in [0.5, 0.6) is 0 Å². The van der Waals surface area contributed by atoms with Crippen molar-refractivity contribution in [3.8, 4) is 0 Å². The maximum absolute atomic E-state index is 12.7. The van der Waals surface area contributed by atoms with Gasteiger partial charge in [0.2, 0.25) is 0 Å². The molecule has 0 saturated carbocycles. The molecule has 1 N–H and O–H groups in total. The second kappa shape index (κ2) is 6.18. The largest absolute Gasteiger partial charge is 0.456 e. The number of carbonyl (C=O) groups is 1. The monoisotopic (exact) mass is 261 g/mol. The second-order valence-electron chi connectivity index (χ2n) is 4.25. The Hall–Kier alpha value is -2.10. The lowest BCUT2D eigenvalue weighted by Gasteiger charge is -2.03. The van der Waals surface area contributed by atoms with E-state index in [1.807, 2.05) is 6.92 Å². The molecule has 0 aliphatic heterocycles. The molecule has 0 aliphatic carbocycles. The van der Waals surface area contributed by atoms with E-state index in [0.29, 0.717) is 18.7 Å². The van der Waals surface area contributed by atoms with Gasteiger partial charge in [0, 0.05) is 13.0 Å². The first kappa shape index (κ1) is 13.3. The van der Waals surface area contributed by atoms with E-state index in [4.69, 9.17) is 4.42 Å². The average Bonchev–Trinajstić information content (AvgIpc) is 2.90. The predicted molar refractivity (Wildman–Crippen MR) is 70.5 cm³/mol. The van der Waals surface area contributed by atoms with Gasteiger partial charge in [-0.3, -0.25) is 4.79 Å². The highest BCUT2D eigenvalue weighted by Crippen LogP contribution is 2.08. The Bertz CT molecular complexity index is 546. The number of aryl methyl sites for hydroxylation is 1. The molecule has 3 nitrogen and oxygen atoms in total. The van der Waals surface area contributed by atoms with Gasteiger partial charge in [0.25, 0.3) is 5.91 Å². The molecule has 0 atom stereocenters. The Morgan fingerprint density at radius 1 is 1.21 bits per heavy atom. The molecule has 4 heteroatoms. The van der Waals surface area contributed by atoms with Crippen LogP contribution in [-0.4, -0.2) is 12.5 Å². The van der Waals surface area contributed by atoms with Crippen molar-refractivity contribution in [2.75, 3.05) is 6.54 Å². The van der Waals surface area contributed by atoms with Crippen molar-refractivity contribution >= 4 is 5.91 Å². The molecule has 2 rings (SSSR count). The number of carbonyl (C=O) groups excluding carboxylic acids is 1. The molecule has 0 aliphatic rings. The molecule has 0 bridgehead atoms. The first-order valence-electron chi connectivity index (χ1n) is 6.30. The Kier molecular flexibility index (Phi) is 4.34. The zero-order chi connectivity index (χ0) is 13.7. The fraction of sp³-hybridized carbons (Fsp3) is 0.267. The molecule has 100 valence electrons. The third-order valence-electron chi connectivity index (χ3n) is 2.85. The minimum atomic E-state index is -0.254. The number of amides is 1. The molecule has 2 aromatic rings. The van der Waals surface area contributed by atoms with Gasteiger partial charge in [-0.25, -0.2) is 4.39 Å². The van der Waals surface area contributed by atoms with Crippen molar-refractivity contribution in [2.45, 2.75) is 19.8 Å². The summed E-state index contributed by atoms with van der Waals surface area (Å²) in [4.78, 5) is 11.8. The number of benzene rings is 1. The summed E-state index contributed by atoms with van der Waals surface area (Å²) in [5, 5.41) is 2.77. The number of halogens is 1. The first-order valence-corrected chi connectivity index (χ1v) is 6.30. The molecular weight excluding hydrogens is 245 g/mol. The van der Waals surface area contributed by atoms with Gasteiger partial charge in [0.05, 0.1) is 0 Å². The van der Waals surface area contributed by atoms with Gasteiger partial charge in [0.1, 0.15) is 11.6 Å². The second-order valence-corrected chi connectivity index (χ2v) is 4.25. The van der Waals surface area contributed by atoms with Gasteiger partial charge in [-0.1, -0.05) is 19.1 Å². The van der Waals surface area contributed by atoms with Crippen LogP contribution in [0.4, 0.5) is 4.39 Å². The van der Waals surface area contributed by atoms with E-state index >= 15 is 0 Å². The fourth-order valence-corrected chi connectivity index (χ4v) is 1.75. The third-order valence-corrected chi connectivity index (χ3v) is 2.85. The number of hydrogen-bond acceptors (Lipinski definition) is 2. The van der Waals surface area contributed by atoms with Crippen LogP contribution in [0.3, 0.4) is 0 Å². The summed E-state index contributed by atoms with van der Waals surface area (Å²) in [5.41, 5.74) is 0.982. The topological polar surface area (TPSA) is 42.2 Å². The number of rotatable bonds is 5. The molecular formula is C15H16FNO2. The summed E-state index contributed by atoms with van der Waals surface area (Å²) < 4.78 is 18.1. The smallest absolute Gasteiger partial charge is 0.287 e. The predicted octanol–water partition coefficient (Wildman–Crippen LogP) is 2.95. The zero-order valence-electron chi connectivity index (χ0n) is 10.8. The molecule has 19 heavy (non-hydrogen) atoms. The highest BCUT2D eigenvalue weighted by Gasteiger charge is 2.09. The molecule has 0 radical (unpaired) electrons. The molecule has 0 unspecified atom stereocenters. The summed E-state index contributed by atoms with van der Waals surface area (Å²) in [6, 6.07) is 9.72. The maximum Gasteiger partial charge on any atom is 0.287 e. The molecule has 0 fully saturated rings. The summed E-state index contributed by atoms with van der Waals surface area (Å²) in [5.74, 6) is 0.650. The normalized spacial score (nSPS) is 10.4. The van der Waals surface area contributed by atoms with E-state index in [-0.39, 0.29) is 11.7 Å². The number of nitrogens with one attached hydrogen (secondary N) is 1. The molecule has 1 heterocycles. The molecule has 1 aromatic heterocycles. The average molecular weight is 261 g/mol. The summed E-state index contributed by atoms with van der Waals surface area (Å²) in [6.45, 7) is 2.46. The molecule has 0 saturated heterocycles. The lowest BCUT2D eigenvalue weighted by molar-refractivity contribution is 0.0925. The van der Waals surface area contributed by atoms with Crippen molar-refractivity contribution in [3.05, 3.63) is 59.3 Å². The Labute approximate surface area is 111 Å². The van der Waals surface area contributed by atoms with E-state index in [2.05, 4.69) is 5.32 Å². The van der Waals surface area contributed by atoms with Crippen LogP contribution in [0.1, 0.15) is 28.8 Å². The van der Waals surface area contributed by atoms with Crippen molar-refractivity contribution < 1.29 is 13.6 Å². The SMILES string of the molecule is CCc1ccc(C(=O)NCCc2ccc(F)cc2)o1. The molecule has 1 amide bonds. The van der Waals surface area contributed by atoms with E-state index in [9.17, 15) is 9.18 Å². The van der Waals surface area contributed by atoms with E-state index in [0.717, 1.165) is 17.7 Å². The van der Waals surface area contributed by atoms with Crippen molar-refractivity contribution in [1.82, 2.24) is 5.32 Å². The maximum atomic E-state index is 12.7. The minimum Gasteiger partial charge on any atom is -0.456 e. The highest BCUT2D eigenvalue weighted by molar-refractivity contribution is 5.91. The Balaban J connectivity index is 1.82. The highest BCUT2D eigenvalue weighted by atomic mass is 19.1. The van der Waals surface area contributed by atoms with Gasteiger partial charge in [-0.05, 0) is 36.2 Å². The summed E-state index contributed by atoms with van der Waals surface area (Å²) in [7, 11) is 0. The molecule has 1 aromatic carbocycles. The fourth-order valence-electron chi connectivity index (χ4n) is 1.75. The molecule has 0 spiro atoms. The summed E-state index contributed by atoms with van der Waals surface area (Å²) >= 11 is 0. The van der Waals surface area contributed by atoms with E-state index in [1.54, 1.807) is 24.3 Å². The van der Waals surface area contributed by atoms with Gasteiger partial charge in [0.15, 0.2) is 5.76 Å². The minimum absolute atomic E-state index is 0.221. The van der Waals surface area contributed by atoms with Gasteiger partial charge < -0.3 is 9.73 Å². The Morgan fingerprint density at radius 3 is 2.58 bits per heavy atom.